The highest BCUT2D eigenvalue weighted by Gasteiger charge is 2.25. The predicted octanol–water partition coefficient (Wildman–Crippen LogP) is 4.83. The summed E-state index contributed by atoms with van der Waals surface area (Å²) >= 11 is 7.99. The summed E-state index contributed by atoms with van der Waals surface area (Å²) in [5.74, 6) is 0.874. The van der Waals surface area contributed by atoms with Gasteiger partial charge in [-0.05, 0) is 22.7 Å². The van der Waals surface area contributed by atoms with Gasteiger partial charge in [0.05, 0.1) is 17.2 Å². The summed E-state index contributed by atoms with van der Waals surface area (Å²) in [4.78, 5) is 1.09. The first-order chi connectivity index (χ1) is 11.2. The van der Waals surface area contributed by atoms with Crippen molar-refractivity contribution in [2.75, 3.05) is 7.11 Å². The number of methoxy groups -OCH3 is 1. The number of ether oxygens (including phenoxy) is 1. The van der Waals surface area contributed by atoms with E-state index in [4.69, 9.17) is 16.5 Å². The fourth-order valence-electron chi connectivity index (χ4n) is 2.34. The maximum atomic E-state index is 6.24. The standard InChI is InChI=1S/C19H17OPS2/c1-20-18-14-8-9-15-19(18)23-21(22,16-10-4-2-5-11-16)17-12-6-3-7-13-17/h2-15H,1H3. The van der Waals surface area contributed by atoms with E-state index in [1.54, 1.807) is 18.5 Å². The van der Waals surface area contributed by atoms with E-state index in [9.17, 15) is 0 Å². The molecule has 0 radical (unpaired) electrons. The van der Waals surface area contributed by atoms with Crippen LogP contribution in [0.1, 0.15) is 0 Å². The highest BCUT2D eigenvalue weighted by atomic mass is 32.9. The van der Waals surface area contributed by atoms with Crippen molar-refractivity contribution in [2.24, 2.45) is 0 Å². The first-order valence-corrected chi connectivity index (χ1v) is 11.5. The van der Waals surface area contributed by atoms with Gasteiger partial charge in [0.1, 0.15) is 5.75 Å². The Hall–Kier alpha value is -1.54. The molecule has 0 saturated carbocycles. The average Bonchev–Trinajstić information content (AvgIpc) is 2.63. The molecule has 0 aliphatic heterocycles. The number of para-hydroxylation sites is 1. The molecule has 0 saturated heterocycles. The fraction of sp³-hybridized carbons (Fsp3) is 0.0526. The molecular weight excluding hydrogens is 339 g/mol. The van der Waals surface area contributed by atoms with Crippen LogP contribution in [0.4, 0.5) is 0 Å². The molecule has 0 unspecified atom stereocenters. The van der Waals surface area contributed by atoms with E-state index < -0.39 is 5.24 Å². The third-order valence-corrected chi connectivity index (χ3v) is 10.8. The topological polar surface area (TPSA) is 9.23 Å². The molecule has 116 valence electrons. The second kappa shape index (κ2) is 7.35. The molecular formula is C19H17OPS2. The maximum Gasteiger partial charge on any atom is 0.132 e. The monoisotopic (exact) mass is 356 g/mol. The Labute approximate surface area is 146 Å². The molecule has 23 heavy (non-hydrogen) atoms. The van der Waals surface area contributed by atoms with Crippen molar-refractivity contribution in [3.8, 4) is 5.75 Å². The van der Waals surface area contributed by atoms with Gasteiger partial charge in [0.25, 0.3) is 0 Å². The molecule has 3 aromatic carbocycles. The molecule has 0 aromatic heterocycles. The third kappa shape index (κ3) is 3.53. The van der Waals surface area contributed by atoms with Crippen molar-refractivity contribution in [2.45, 2.75) is 4.90 Å². The number of hydrogen-bond donors (Lipinski definition) is 0. The van der Waals surface area contributed by atoms with Gasteiger partial charge in [0.2, 0.25) is 0 Å². The SMILES string of the molecule is COc1ccccc1SP(=S)(c1ccccc1)c1ccccc1. The van der Waals surface area contributed by atoms with Crippen molar-refractivity contribution >= 4 is 39.0 Å². The van der Waals surface area contributed by atoms with Gasteiger partial charge in [0, 0.05) is 0 Å². The molecule has 4 heteroatoms. The molecule has 0 heterocycles. The van der Waals surface area contributed by atoms with Crippen molar-refractivity contribution in [3.05, 3.63) is 84.9 Å². The van der Waals surface area contributed by atoms with E-state index in [0.29, 0.717) is 0 Å². The average molecular weight is 356 g/mol. The van der Waals surface area contributed by atoms with Gasteiger partial charge in [-0.2, -0.15) is 0 Å². The predicted molar refractivity (Wildman–Crippen MR) is 105 cm³/mol. The Balaban J connectivity index is 2.12. The van der Waals surface area contributed by atoms with E-state index in [1.165, 1.54) is 10.6 Å². The van der Waals surface area contributed by atoms with Crippen LogP contribution in [0.25, 0.3) is 0 Å². The first kappa shape index (κ1) is 16.3. The fourth-order valence-corrected chi connectivity index (χ4v) is 8.73. The molecule has 0 fully saturated rings. The minimum atomic E-state index is -2.02. The molecule has 1 nitrogen and oxygen atoms in total. The van der Waals surface area contributed by atoms with Crippen LogP contribution in [0.5, 0.6) is 5.75 Å². The Morgan fingerprint density at radius 2 is 1.22 bits per heavy atom. The van der Waals surface area contributed by atoms with Crippen LogP contribution >= 0.6 is 16.6 Å². The second-order valence-electron chi connectivity index (χ2n) is 4.96. The summed E-state index contributed by atoms with van der Waals surface area (Å²) in [6, 6.07) is 28.9. The molecule has 0 spiro atoms. The van der Waals surface area contributed by atoms with Crippen LogP contribution in [0.15, 0.2) is 89.8 Å². The molecule has 0 N–H and O–H groups in total. The number of rotatable bonds is 5. The van der Waals surface area contributed by atoms with Crippen LogP contribution in [0.3, 0.4) is 0 Å². The first-order valence-electron chi connectivity index (χ1n) is 7.28. The Bertz CT molecular complexity index is 776. The van der Waals surface area contributed by atoms with Crippen LogP contribution < -0.4 is 15.3 Å². The summed E-state index contributed by atoms with van der Waals surface area (Å²) in [6.45, 7) is 0. The molecule has 0 aliphatic rings. The molecule has 0 aliphatic carbocycles. The van der Waals surface area contributed by atoms with Crippen molar-refractivity contribution < 1.29 is 4.74 Å². The van der Waals surface area contributed by atoms with E-state index in [-0.39, 0.29) is 0 Å². The van der Waals surface area contributed by atoms with Gasteiger partial charge >= 0.3 is 0 Å². The highest BCUT2D eigenvalue weighted by Crippen LogP contribution is 2.61. The smallest absolute Gasteiger partial charge is 0.132 e. The van der Waals surface area contributed by atoms with Crippen LogP contribution in [-0.4, -0.2) is 7.11 Å². The van der Waals surface area contributed by atoms with Crippen molar-refractivity contribution in [1.82, 2.24) is 0 Å². The van der Waals surface area contributed by atoms with Crippen LogP contribution in [0.2, 0.25) is 0 Å². The second-order valence-corrected chi connectivity index (χ2v) is 12.3. The normalized spacial score (nSPS) is 11.2. The lowest BCUT2D eigenvalue weighted by Crippen LogP contribution is -2.13. The van der Waals surface area contributed by atoms with Gasteiger partial charge in [-0.3, -0.25) is 0 Å². The molecule has 3 aromatic rings. The quantitative estimate of drug-likeness (QED) is 0.606. The summed E-state index contributed by atoms with van der Waals surface area (Å²) in [5.41, 5.74) is 0. The van der Waals surface area contributed by atoms with Crippen LogP contribution in [0, 0.1) is 0 Å². The lowest BCUT2D eigenvalue weighted by atomic mass is 10.3. The molecule has 0 atom stereocenters. The highest BCUT2D eigenvalue weighted by molar-refractivity contribution is 8.75. The Morgan fingerprint density at radius 3 is 1.74 bits per heavy atom. The lowest BCUT2D eigenvalue weighted by molar-refractivity contribution is 0.405. The summed E-state index contributed by atoms with van der Waals surface area (Å²) in [6.07, 6.45) is 0. The van der Waals surface area contributed by atoms with Crippen molar-refractivity contribution in [3.63, 3.8) is 0 Å². The zero-order valence-corrected chi connectivity index (χ0v) is 15.3. The van der Waals surface area contributed by atoms with E-state index in [2.05, 4.69) is 54.6 Å². The van der Waals surface area contributed by atoms with Gasteiger partial charge in [-0.15, -0.1) is 0 Å². The van der Waals surface area contributed by atoms with E-state index in [0.717, 1.165) is 10.6 Å². The molecule has 0 bridgehead atoms. The maximum absolute atomic E-state index is 6.24. The van der Waals surface area contributed by atoms with Gasteiger partial charge < -0.3 is 4.74 Å². The van der Waals surface area contributed by atoms with E-state index >= 15 is 0 Å². The molecule has 0 amide bonds. The van der Waals surface area contributed by atoms with Gasteiger partial charge in [-0.1, -0.05) is 96.0 Å². The summed E-state index contributed by atoms with van der Waals surface area (Å²) < 4.78 is 5.51. The number of benzene rings is 3. The Kier molecular flexibility index (Phi) is 5.22. The van der Waals surface area contributed by atoms with Crippen LogP contribution in [-0.2, 0) is 11.8 Å². The van der Waals surface area contributed by atoms with E-state index in [1.807, 2.05) is 30.3 Å². The largest absolute Gasteiger partial charge is 0.496 e. The zero-order valence-electron chi connectivity index (χ0n) is 12.8. The third-order valence-electron chi connectivity index (χ3n) is 3.49. The number of hydrogen-bond acceptors (Lipinski definition) is 3. The minimum absolute atomic E-state index is 0.874. The lowest BCUT2D eigenvalue weighted by Gasteiger charge is -2.23. The summed E-state index contributed by atoms with van der Waals surface area (Å²) in [5, 5.41) is 0.395. The zero-order chi connectivity index (χ0) is 16.1. The molecule has 3 rings (SSSR count). The van der Waals surface area contributed by atoms with Gasteiger partial charge in [-0.25, -0.2) is 0 Å². The van der Waals surface area contributed by atoms with Crippen molar-refractivity contribution in [1.29, 1.82) is 0 Å². The Morgan fingerprint density at radius 1 is 0.739 bits per heavy atom. The minimum Gasteiger partial charge on any atom is -0.496 e. The van der Waals surface area contributed by atoms with Gasteiger partial charge in [0.15, 0.2) is 0 Å². The summed E-state index contributed by atoms with van der Waals surface area (Å²) in [7, 11) is 1.70.